The summed E-state index contributed by atoms with van der Waals surface area (Å²) in [6.45, 7) is 0. The van der Waals surface area contributed by atoms with E-state index in [4.69, 9.17) is 4.98 Å². The van der Waals surface area contributed by atoms with E-state index in [0.29, 0.717) is 11.2 Å². The molecule has 2 atom stereocenters. The van der Waals surface area contributed by atoms with Crippen LogP contribution in [0, 0.1) is 0 Å². The Morgan fingerprint density at radius 2 is 0.970 bits per heavy atom. The number of aromatic nitrogens is 2. The molecule has 6 heteroatoms. The van der Waals surface area contributed by atoms with Gasteiger partial charge < -0.3 is 4.57 Å². The second kappa shape index (κ2) is 14.9. The van der Waals surface area contributed by atoms with Crippen LogP contribution < -0.4 is 0 Å². The number of pyridine rings is 1. The summed E-state index contributed by atoms with van der Waals surface area (Å²) in [7, 11) is 0. The van der Waals surface area contributed by atoms with Crippen LogP contribution in [0.25, 0.3) is 105 Å². The van der Waals surface area contributed by atoms with Crippen LogP contribution in [-0.2, 0) is 6.18 Å². The molecule has 2 aromatic heterocycles. The van der Waals surface area contributed by atoms with Gasteiger partial charge in [-0.3, -0.25) is 0 Å². The Balaban J connectivity index is 1.07. The van der Waals surface area contributed by atoms with Crippen molar-refractivity contribution in [2.45, 2.75) is 22.2 Å². The summed E-state index contributed by atoms with van der Waals surface area (Å²) in [5.74, 6) is 0.418. The summed E-state index contributed by atoms with van der Waals surface area (Å²) in [6.07, 6.45) is 4.55. The highest BCUT2D eigenvalue weighted by molar-refractivity contribution is 8.00. The molecule has 1 aliphatic carbocycles. The number of alkyl halides is 3. The molecule has 2 unspecified atom stereocenters. The lowest BCUT2D eigenvalue weighted by atomic mass is 9.89. The van der Waals surface area contributed by atoms with Gasteiger partial charge in [-0.2, -0.15) is 13.2 Å². The second-order valence-corrected chi connectivity index (χ2v) is 18.5. The highest BCUT2D eigenvalue weighted by Gasteiger charge is 2.32. The van der Waals surface area contributed by atoms with Crippen molar-refractivity contribution < 1.29 is 13.2 Å². The minimum atomic E-state index is -4.41. The van der Waals surface area contributed by atoms with Crippen LogP contribution in [0.4, 0.5) is 13.2 Å². The van der Waals surface area contributed by atoms with E-state index in [1.54, 1.807) is 12.1 Å². The van der Waals surface area contributed by atoms with Crippen molar-refractivity contribution in [2.75, 3.05) is 0 Å². The Hall–Kier alpha value is -7.67. The Morgan fingerprint density at radius 1 is 0.424 bits per heavy atom. The van der Waals surface area contributed by atoms with E-state index in [-0.39, 0.29) is 0 Å². The maximum absolute atomic E-state index is 13.7. The van der Waals surface area contributed by atoms with E-state index in [9.17, 15) is 13.2 Å². The average molecular weight is 875 g/mol. The standard InChI is InChI=1S/C60H37F3N2S/c61-60(62,63)42-24-19-36(20-25-42)39-23-28-56-52(30-39)53-34-50-45-16-8-7-15-44(45)49-29-40(41-22-27-48-47-17-9-10-18-58(47)66-59(48)31-41)21-26-46(49)51(50)35-57(53)65(56)43-32-54(37-11-3-1-4-12-37)64-55(33-43)38-13-5-2-6-14-38/h1-35,47,58H. The monoisotopic (exact) mass is 874 g/mol. The Bertz CT molecular complexity index is 3770. The molecule has 0 fully saturated rings. The zero-order valence-corrected chi connectivity index (χ0v) is 36.1. The smallest absolute Gasteiger partial charge is 0.309 e. The normalized spacial score (nSPS) is 15.6. The van der Waals surface area contributed by atoms with E-state index in [2.05, 4.69) is 150 Å². The number of benzene rings is 9. The van der Waals surface area contributed by atoms with Gasteiger partial charge in [0.2, 0.25) is 0 Å². The lowest BCUT2D eigenvalue weighted by molar-refractivity contribution is -0.137. The van der Waals surface area contributed by atoms with Crippen LogP contribution in [0.1, 0.15) is 17.0 Å². The van der Waals surface area contributed by atoms with Crippen LogP contribution in [0.2, 0.25) is 0 Å². The van der Waals surface area contributed by atoms with Gasteiger partial charge in [0.25, 0.3) is 0 Å². The summed E-state index contributed by atoms with van der Waals surface area (Å²) < 4.78 is 43.3. The minimum absolute atomic E-state index is 0.418. The van der Waals surface area contributed by atoms with Crippen LogP contribution in [0.3, 0.4) is 0 Å². The van der Waals surface area contributed by atoms with E-state index in [1.807, 2.05) is 54.2 Å². The van der Waals surface area contributed by atoms with Gasteiger partial charge in [-0.25, -0.2) is 4.98 Å². The minimum Gasteiger partial charge on any atom is -0.309 e. The highest BCUT2D eigenvalue weighted by atomic mass is 32.2. The molecule has 0 bridgehead atoms. The van der Waals surface area contributed by atoms with Gasteiger partial charge in [0.05, 0.1) is 33.7 Å². The molecule has 13 rings (SSSR count). The van der Waals surface area contributed by atoms with Crippen LogP contribution >= 0.6 is 11.8 Å². The molecule has 0 radical (unpaired) electrons. The molecule has 314 valence electrons. The van der Waals surface area contributed by atoms with Crippen LogP contribution in [-0.4, -0.2) is 14.8 Å². The number of fused-ring (bicyclic) bond motifs is 12. The third-order valence-corrected chi connectivity index (χ3v) is 14.9. The fraction of sp³-hybridized carbons (Fsp3) is 0.0500. The first-order chi connectivity index (χ1) is 32.3. The summed E-state index contributed by atoms with van der Waals surface area (Å²) in [5, 5.41) is 9.47. The van der Waals surface area contributed by atoms with Crippen molar-refractivity contribution in [1.82, 2.24) is 9.55 Å². The fourth-order valence-electron chi connectivity index (χ4n) is 10.3. The van der Waals surface area contributed by atoms with E-state index in [1.165, 1.54) is 32.4 Å². The molecule has 0 N–H and O–H groups in total. The van der Waals surface area contributed by atoms with Gasteiger partial charge in [0.15, 0.2) is 0 Å². The first-order valence-electron chi connectivity index (χ1n) is 22.2. The zero-order valence-electron chi connectivity index (χ0n) is 35.3. The predicted molar refractivity (Wildman–Crippen MR) is 269 cm³/mol. The molecule has 2 aliphatic rings. The van der Waals surface area contributed by atoms with E-state index >= 15 is 0 Å². The number of halogens is 3. The SMILES string of the molecule is FC(F)(F)c1ccc(-c2ccc3c(c2)c2cc4c5ccccc5c5cc(-c6ccc7c(c6)SC6C=CC=CC76)ccc5c4cc2n3-c2cc(-c3ccccc3)nc(-c3ccccc3)c2)cc1. The molecule has 3 heterocycles. The van der Waals surface area contributed by atoms with Gasteiger partial charge >= 0.3 is 6.18 Å². The largest absolute Gasteiger partial charge is 0.416 e. The van der Waals surface area contributed by atoms with Gasteiger partial charge in [-0.1, -0.05) is 152 Å². The Kier molecular flexibility index (Phi) is 8.78. The van der Waals surface area contributed by atoms with Crippen molar-refractivity contribution in [3.05, 3.63) is 223 Å². The molecular weight excluding hydrogens is 838 g/mol. The van der Waals surface area contributed by atoms with Gasteiger partial charge in [0.1, 0.15) is 0 Å². The Labute approximate surface area is 383 Å². The second-order valence-electron chi connectivity index (χ2n) is 17.3. The summed E-state index contributed by atoms with van der Waals surface area (Å²) in [5.41, 5.74) is 11.4. The molecular formula is C60H37F3N2S. The van der Waals surface area contributed by atoms with Crippen molar-refractivity contribution in [1.29, 1.82) is 0 Å². The topological polar surface area (TPSA) is 17.8 Å². The molecule has 0 saturated carbocycles. The van der Waals surface area contributed by atoms with Gasteiger partial charge in [-0.05, 0) is 121 Å². The molecule has 0 spiro atoms. The van der Waals surface area contributed by atoms with Crippen molar-refractivity contribution in [3.8, 4) is 50.5 Å². The summed E-state index contributed by atoms with van der Waals surface area (Å²) in [4.78, 5) is 6.57. The third-order valence-electron chi connectivity index (χ3n) is 13.5. The highest BCUT2D eigenvalue weighted by Crippen LogP contribution is 2.50. The number of allylic oxidation sites excluding steroid dienone is 3. The van der Waals surface area contributed by atoms with Crippen LogP contribution in [0.5, 0.6) is 0 Å². The van der Waals surface area contributed by atoms with E-state index < -0.39 is 11.7 Å². The van der Waals surface area contributed by atoms with Crippen molar-refractivity contribution >= 4 is 65.9 Å². The third kappa shape index (κ3) is 6.31. The number of nitrogens with zero attached hydrogens (tertiary/aromatic N) is 2. The lowest BCUT2D eigenvalue weighted by Gasteiger charge is -2.15. The average Bonchev–Trinajstić information content (AvgIpc) is 3.90. The number of rotatable bonds is 5. The molecule has 0 saturated heterocycles. The fourth-order valence-corrected chi connectivity index (χ4v) is 11.7. The maximum atomic E-state index is 13.7. The predicted octanol–water partition coefficient (Wildman–Crippen LogP) is 17.0. The molecule has 2 nitrogen and oxygen atoms in total. The first-order valence-corrected chi connectivity index (χ1v) is 23.0. The van der Waals surface area contributed by atoms with Gasteiger partial charge in [0, 0.05) is 38.0 Å². The van der Waals surface area contributed by atoms with E-state index in [0.717, 1.165) is 94.8 Å². The van der Waals surface area contributed by atoms with Crippen molar-refractivity contribution in [3.63, 3.8) is 0 Å². The van der Waals surface area contributed by atoms with Crippen molar-refractivity contribution in [2.24, 2.45) is 0 Å². The lowest BCUT2D eigenvalue weighted by Crippen LogP contribution is -2.06. The quantitative estimate of drug-likeness (QED) is 0.160. The Morgan fingerprint density at radius 3 is 1.68 bits per heavy atom. The molecule has 66 heavy (non-hydrogen) atoms. The molecule has 1 aliphatic heterocycles. The molecule has 9 aromatic carbocycles. The summed E-state index contributed by atoms with van der Waals surface area (Å²) >= 11 is 1.95. The number of hydrogen-bond acceptors (Lipinski definition) is 2. The summed E-state index contributed by atoms with van der Waals surface area (Å²) in [6, 6.07) is 63.8. The number of hydrogen-bond donors (Lipinski definition) is 0. The zero-order chi connectivity index (χ0) is 44.1. The molecule has 0 amide bonds. The number of thioether (sulfide) groups is 1. The van der Waals surface area contributed by atoms with Gasteiger partial charge in [-0.15, -0.1) is 11.8 Å². The maximum Gasteiger partial charge on any atom is 0.416 e. The van der Waals surface area contributed by atoms with Crippen LogP contribution in [0.15, 0.2) is 217 Å². The first kappa shape index (κ1) is 38.8. The molecule has 11 aromatic rings.